The van der Waals surface area contributed by atoms with Gasteiger partial charge in [-0.15, -0.1) is 0 Å². The molecule has 1 nitrogen and oxygen atoms in total. The van der Waals surface area contributed by atoms with Crippen LogP contribution in [0.3, 0.4) is 0 Å². The Bertz CT molecular complexity index is 58.4. The lowest BCUT2D eigenvalue weighted by atomic mass is 10.2. The van der Waals surface area contributed by atoms with Crippen LogP contribution in [-0.2, 0) is 0 Å². The van der Waals surface area contributed by atoms with Gasteiger partial charge in [0.05, 0.1) is 0 Å². The molecule has 50 valence electrons. The van der Waals surface area contributed by atoms with Crippen LogP contribution in [0, 0.1) is 0 Å². The quantitative estimate of drug-likeness (QED) is 0.582. The van der Waals surface area contributed by atoms with E-state index in [-0.39, 0.29) is 6.04 Å². The van der Waals surface area contributed by atoms with Crippen molar-refractivity contribution in [3.63, 3.8) is 0 Å². The van der Waals surface area contributed by atoms with Crippen LogP contribution in [0.1, 0.15) is 19.8 Å². The average Bonchev–Trinajstić information content (AvgIpc) is 1.65. The van der Waals surface area contributed by atoms with E-state index in [1.54, 1.807) is 22.6 Å². The normalized spacial score (nSPS) is 18.0. The van der Waals surface area contributed by atoms with Gasteiger partial charge in [0.2, 0.25) is 0 Å². The van der Waals surface area contributed by atoms with Gasteiger partial charge in [-0.1, -0.05) is 6.92 Å². The van der Waals surface area contributed by atoms with Gasteiger partial charge in [-0.2, -0.15) is 0 Å². The largest absolute Gasteiger partial charge is 0.328 e. The minimum atomic E-state index is -0.775. The first-order valence-corrected chi connectivity index (χ1v) is 3.95. The van der Waals surface area contributed by atoms with E-state index in [0.717, 1.165) is 6.42 Å². The Morgan fingerprint density at radius 2 is 2.25 bits per heavy atom. The lowest BCUT2D eigenvalue weighted by Gasteiger charge is -2.06. The fourth-order valence-electron chi connectivity index (χ4n) is 0.396. The molecule has 0 amide bonds. The monoisotopic (exact) mass is 231 g/mol. The molecule has 0 fully saturated rings. The molecule has 1 unspecified atom stereocenters. The molecule has 0 aromatic carbocycles. The Hall–Kier alpha value is 0.620. The average molecular weight is 231 g/mol. The standard InChI is InChI=1S/C5H11FIN/c1-2-4(8)3-5(6)7/h4-5H,2-3,8H2,1H3/t4-,5?/m1/s1. The Kier molecular flexibility index (Phi) is 4.84. The van der Waals surface area contributed by atoms with Crippen molar-refractivity contribution >= 4 is 22.6 Å². The van der Waals surface area contributed by atoms with Crippen LogP contribution in [0.4, 0.5) is 4.39 Å². The van der Waals surface area contributed by atoms with Crippen molar-refractivity contribution in [3.8, 4) is 0 Å². The van der Waals surface area contributed by atoms with Crippen LogP contribution in [0.25, 0.3) is 0 Å². The van der Waals surface area contributed by atoms with Gasteiger partial charge in [0.1, 0.15) is 0 Å². The van der Waals surface area contributed by atoms with Gasteiger partial charge in [-0.3, -0.25) is 0 Å². The molecule has 0 aliphatic heterocycles. The number of halogens is 2. The molecule has 0 bridgehead atoms. The molecule has 0 rings (SSSR count). The third-order valence-corrected chi connectivity index (χ3v) is 1.51. The number of hydrogen-bond donors (Lipinski definition) is 1. The fraction of sp³-hybridized carbons (Fsp3) is 1.00. The van der Waals surface area contributed by atoms with Gasteiger partial charge in [0, 0.05) is 12.5 Å². The maximum absolute atomic E-state index is 12.0. The van der Waals surface area contributed by atoms with Crippen molar-refractivity contribution in [2.45, 2.75) is 30.0 Å². The molecule has 3 heteroatoms. The molecule has 0 radical (unpaired) electrons. The first kappa shape index (κ1) is 8.62. The van der Waals surface area contributed by atoms with E-state index in [1.807, 2.05) is 6.92 Å². The van der Waals surface area contributed by atoms with Crippen molar-refractivity contribution in [2.75, 3.05) is 0 Å². The molecule has 8 heavy (non-hydrogen) atoms. The Balaban J connectivity index is 3.10. The smallest absolute Gasteiger partial charge is 0.152 e. The molecule has 0 aromatic heterocycles. The highest BCUT2D eigenvalue weighted by Crippen LogP contribution is 2.09. The molecular formula is C5H11FIN. The number of rotatable bonds is 3. The Morgan fingerprint density at radius 3 is 2.38 bits per heavy atom. The van der Waals surface area contributed by atoms with Crippen LogP contribution in [0.15, 0.2) is 0 Å². The summed E-state index contributed by atoms with van der Waals surface area (Å²) in [7, 11) is 0. The molecular weight excluding hydrogens is 220 g/mol. The lowest BCUT2D eigenvalue weighted by Crippen LogP contribution is -2.20. The molecule has 0 saturated carbocycles. The minimum absolute atomic E-state index is 0.0434. The predicted octanol–water partition coefficient (Wildman–Crippen LogP) is 1.84. The zero-order chi connectivity index (χ0) is 6.57. The van der Waals surface area contributed by atoms with Crippen molar-refractivity contribution in [1.82, 2.24) is 0 Å². The van der Waals surface area contributed by atoms with Crippen molar-refractivity contribution in [3.05, 3.63) is 0 Å². The Labute approximate surface area is 63.0 Å². The second-order valence-corrected chi connectivity index (χ2v) is 3.15. The molecule has 0 spiro atoms. The van der Waals surface area contributed by atoms with Gasteiger partial charge >= 0.3 is 0 Å². The highest BCUT2D eigenvalue weighted by Gasteiger charge is 2.05. The van der Waals surface area contributed by atoms with Gasteiger partial charge in [0.25, 0.3) is 0 Å². The summed E-state index contributed by atoms with van der Waals surface area (Å²) in [6, 6.07) is 0.0434. The molecule has 0 aromatic rings. The van der Waals surface area contributed by atoms with Crippen LogP contribution in [0.5, 0.6) is 0 Å². The molecule has 0 saturated heterocycles. The van der Waals surface area contributed by atoms with Gasteiger partial charge in [-0.05, 0) is 29.0 Å². The van der Waals surface area contributed by atoms with E-state index in [4.69, 9.17) is 5.73 Å². The first-order chi connectivity index (χ1) is 3.66. The zero-order valence-corrected chi connectivity index (χ0v) is 7.06. The van der Waals surface area contributed by atoms with E-state index in [1.165, 1.54) is 0 Å². The summed E-state index contributed by atoms with van der Waals surface area (Å²) in [4.78, 5) is 0. The van der Waals surface area contributed by atoms with Gasteiger partial charge in [0.15, 0.2) is 4.18 Å². The first-order valence-electron chi connectivity index (χ1n) is 2.70. The fourth-order valence-corrected chi connectivity index (χ4v) is 1.05. The highest BCUT2D eigenvalue weighted by atomic mass is 127. The maximum atomic E-state index is 12.0. The highest BCUT2D eigenvalue weighted by molar-refractivity contribution is 14.1. The number of hydrogen-bond acceptors (Lipinski definition) is 1. The van der Waals surface area contributed by atoms with Gasteiger partial charge < -0.3 is 5.73 Å². The topological polar surface area (TPSA) is 26.0 Å². The summed E-state index contributed by atoms with van der Waals surface area (Å²) < 4.78 is 11.3. The summed E-state index contributed by atoms with van der Waals surface area (Å²) >= 11 is 1.73. The van der Waals surface area contributed by atoms with E-state index in [2.05, 4.69) is 0 Å². The van der Waals surface area contributed by atoms with Crippen molar-refractivity contribution in [2.24, 2.45) is 5.73 Å². The summed E-state index contributed by atoms with van der Waals surface area (Å²) in [6.07, 6.45) is 1.35. The predicted molar refractivity (Wildman–Crippen MR) is 41.8 cm³/mol. The van der Waals surface area contributed by atoms with E-state index < -0.39 is 4.18 Å². The molecule has 0 aliphatic carbocycles. The summed E-state index contributed by atoms with van der Waals surface area (Å²) in [5.74, 6) is 0. The van der Waals surface area contributed by atoms with E-state index in [9.17, 15) is 4.39 Å². The third-order valence-electron chi connectivity index (χ3n) is 1.01. The Morgan fingerprint density at radius 1 is 1.75 bits per heavy atom. The second kappa shape index (κ2) is 4.49. The maximum Gasteiger partial charge on any atom is 0.152 e. The molecule has 0 heterocycles. The second-order valence-electron chi connectivity index (χ2n) is 1.80. The van der Waals surface area contributed by atoms with Crippen LogP contribution in [0.2, 0.25) is 0 Å². The van der Waals surface area contributed by atoms with Crippen LogP contribution in [-0.4, -0.2) is 10.2 Å². The van der Waals surface area contributed by atoms with Crippen molar-refractivity contribution < 1.29 is 4.39 Å². The van der Waals surface area contributed by atoms with Crippen LogP contribution >= 0.6 is 22.6 Å². The molecule has 2 N–H and O–H groups in total. The zero-order valence-electron chi connectivity index (χ0n) is 4.90. The van der Waals surface area contributed by atoms with Gasteiger partial charge in [-0.25, -0.2) is 4.39 Å². The lowest BCUT2D eigenvalue weighted by molar-refractivity contribution is 0.412. The molecule has 2 atom stereocenters. The third kappa shape index (κ3) is 4.77. The summed E-state index contributed by atoms with van der Waals surface area (Å²) in [5, 5.41) is 0. The number of alkyl halides is 2. The summed E-state index contributed by atoms with van der Waals surface area (Å²) in [5.41, 5.74) is 5.43. The number of nitrogens with two attached hydrogens (primary N) is 1. The SMILES string of the molecule is CC[C@@H](N)CC(F)I. The minimum Gasteiger partial charge on any atom is -0.328 e. The van der Waals surface area contributed by atoms with Crippen molar-refractivity contribution in [1.29, 1.82) is 0 Å². The van der Waals surface area contributed by atoms with E-state index in [0.29, 0.717) is 6.42 Å². The van der Waals surface area contributed by atoms with Crippen LogP contribution < -0.4 is 5.73 Å². The summed E-state index contributed by atoms with van der Waals surface area (Å²) in [6.45, 7) is 1.96. The van der Waals surface area contributed by atoms with E-state index >= 15 is 0 Å². The molecule has 0 aliphatic rings.